The lowest BCUT2D eigenvalue weighted by Gasteiger charge is -2.29. The smallest absolute Gasteiger partial charge is 0.322 e. The number of hydrogen-bond acceptors (Lipinski definition) is 4. The number of benzene rings is 2. The predicted molar refractivity (Wildman–Crippen MR) is 93.3 cm³/mol. The second kappa shape index (κ2) is 7.01. The normalized spacial score (nSPS) is 17.0. The fourth-order valence-electron chi connectivity index (χ4n) is 3.37. The van der Waals surface area contributed by atoms with Crippen LogP contribution >= 0.6 is 0 Å². The standard InChI is InChI=1S/C19H13F3N4O3/c20-10-3-12(21)17-14(8-29-15(17)4-10)24-16(27)7-26-6-11-13(25-19(26)28)2-1-9(5-23)18(11)22/h1-4,14H,6-8H2,(H,24,27)(H,25,28)/t14-/m0/s1. The minimum atomic E-state index is -0.849. The van der Waals surface area contributed by atoms with Crippen LogP contribution in [-0.2, 0) is 11.3 Å². The van der Waals surface area contributed by atoms with Crippen LogP contribution in [0.3, 0.4) is 0 Å². The van der Waals surface area contributed by atoms with Gasteiger partial charge in [-0.1, -0.05) is 0 Å². The van der Waals surface area contributed by atoms with Crippen molar-refractivity contribution in [2.24, 2.45) is 0 Å². The first-order valence-electron chi connectivity index (χ1n) is 8.56. The molecule has 1 atom stereocenters. The van der Waals surface area contributed by atoms with E-state index in [1.54, 1.807) is 6.07 Å². The number of fused-ring (bicyclic) bond motifs is 2. The Bertz CT molecular complexity index is 1080. The average Bonchev–Trinajstić information content (AvgIpc) is 3.06. The molecule has 7 nitrogen and oxygen atoms in total. The third-order valence-corrected chi connectivity index (χ3v) is 4.72. The monoisotopic (exact) mass is 402 g/mol. The van der Waals surface area contributed by atoms with Gasteiger partial charge in [-0.15, -0.1) is 0 Å². The maximum atomic E-state index is 14.4. The fourth-order valence-corrected chi connectivity index (χ4v) is 3.37. The van der Waals surface area contributed by atoms with Crippen molar-refractivity contribution in [1.82, 2.24) is 10.2 Å². The molecule has 4 rings (SSSR count). The number of ether oxygens (including phenoxy) is 1. The molecule has 0 aromatic heterocycles. The molecule has 0 saturated carbocycles. The highest BCUT2D eigenvalue weighted by Crippen LogP contribution is 2.35. The molecule has 0 fully saturated rings. The SMILES string of the molecule is N#Cc1ccc2c(c1F)CN(CC(=O)N[C@H]1COc3cc(F)cc(F)c31)C(=O)N2. The maximum absolute atomic E-state index is 14.4. The molecular formula is C19H13F3N4O3. The Labute approximate surface area is 162 Å². The van der Waals surface area contributed by atoms with E-state index in [-0.39, 0.29) is 41.3 Å². The summed E-state index contributed by atoms with van der Waals surface area (Å²) in [7, 11) is 0. The molecule has 2 heterocycles. The van der Waals surface area contributed by atoms with Gasteiger partial charge in [0.25, 0.3) is 0 Å². The molecule has 10 heteroatoms. The summed E-state index contributed by atoms with van der Waals surface area (Å²) >= 11 is 0. The van der Waals surface area contributed by atoms with Crippen LogP contribution in [0.25, 0.3) is 0 Å². The number of rotatable bonds is 3. The first-order chi connectivity index (χ1) is 13.9. The number of amides is 3. The molecule has 0 aliphatic carbocycles. The summed E-state index contributed by atoms with van der Waals surface area (Å²) in [6.45, 7) is -0.736. The fraction of sp³-hybridized carbons (Fsp3) is 0.211. The highest BCUT2D eigenvalue weighted by Gasteiger charge is 2.32. The maximum Gasteiger partial charge on any atom is 0.322 e. The highest BCUT2D eigenvalue weighted by molar-refractivity contribution is 5.95. The number of hydrogen-bond donors (Lipinski definition) is 2. The van der Waals surface area contributed by atoms with E-state index in [1.807, 2.05) is 0 Å². The number of nitrogens with zero attached hydrogens (tertiary/aromatic N) is 2. The molecule has 0 unspecified atom stereocenters. The van der Waals surface area contributed by atoms with E-state index in [0.29, 0.717) is 6.07 Å². The Morgan fingerprint density at radius 1 is 1.34 bits per heavy atom. The summed E-state index contributed by atoms with van der Waals surface area (Å²) in [5.41, 5.74) is 0.169. The van der Waals surface area contributed by atoms with Gasteiger partial charge in [-0.3, -0.25) is 4.79 Å². The van der Waals surface area contributed by atoms with Gasteiger partial charge in [0, 0.05) is 17.7 Å². The van der Waals surface area contributed by atoms with Crippen LogP contribution in [0, 0.1) is 28.8 Å². The van der Waals surface area contributed by atoms with Gasteiger partial charge in [-0.2, -0.15) is 5.26 Å². The topological polar surface area (TPSA) is 94.5 Å². The zero-order chi connectivity index (χ0) is 20.7. The quantitative estimate of drug-likeness (QED) is 0.825. The molecule has 2 aromatic carbocycles. The van der Waals surface area contributed by atoms with E-state index in [2.05, 4.69) is 10.6 Å². The number of carbonyl (C=O) groups is 2. The zero-order valence-corrected chi connectivity index (χ0v) is 14.8. The van der Waals surface area contributed by atoms with Crippen molar-refractivity contribution in [3.63, 3.8) is 0 Å². The molecule has 0 spiro atoms. The molecule has 148 valence electrons. The highest BCUT2D eigenvalue weighted by atomic mass is 19.1. The minimum absolute atomic E-state index is 0.00328. The molecule has 3 amide bonds. The number of halogens is 3. The van der Waals surface area contributed by atoms with E-state index in [9.17, 15) is 22.8 Å². The van der Waals surface area contributed by atoms with Crippen LogP contribution in [0.2, 0.25) is 0 Å². The molecule has 0 radical (unpaired) electrons. The zero-order valence-electron chi connectivity index (χ0n) is 14.8. The van der Waals surface area contributed by atoms with Gasteiger partial charge in [-0.05, 0) is 12.1 Å². The first kappa shape index (κ1) is 18.6. The molecular weight excluding hydrogens is 389 g/mol. The molecule has 2 aliphatic heterocycles. The van der Waals surface area contributed by atoms with Crippen molar-refractivity contribution in [1.29, 1.82) is 5.26 Å². The summed E-state index contributed by atoms with van der Waals surface area (Å²) in [6.07, 6.45) is 0. The van der Waals surface area contributed by atoms with E-state index >= 15 is 0 Å². The molecule has 2 aliphatic rings. The molecule has 0 bridgehead atoms. The summed E-state index contributed by atoms with van der Waals surface area (Å²) in [5, 5.41) is 13.9. The van der Waals surface area contributed by atoms with Crippen molar-refractivity contribution in [3.8, 4) is 11.8 Å². The van der Waals surface area contributed by atoms with Gasteiger partial charge in [0.15, 0.2) is 0 Å². The molecule has 29 heavy (non-hydrogen) atoms. The van der Waals surface area contributed by atoms with Crippen molar-refractivity contribution in [3.05, 3.63) is 58.4 Å². The summed E-state index contributed by atoms with van der Waals surface area (Å²) in [6, 6.07) is 4.64. The van der Waals surface area contributed by atoms with E-state index in [1.165, 1.54) is 12.1 Å². The third kappa shape index (κ3) is 3.31. The Hall–Kier alpha value is -3.74. The third-order valence-electron chi connectivity index (χ3n) is 4.72. The Balaban J connectivity index is 1.48. The Morgan fingerprint density at radius 2 is 2.14 bits per heavy atom. The number of urea groups is 1. The lowest BCUT2D eigenvalue weighted by Crippen LogP contribution is -2.45. The van der Waals surface area contributed by atoms with Gasteiger partial charge < -0.3 is 20.3 Å². The summed E-state index contributed by atoms with van der Waals surface area (Å²) < 4.78 is 46.9. The van der Waals surface area contributed by atoms with Gasteiger partial charge in [-0.25, -0.2) is 18.0 Å². The molecule has 2 N–H and O–H groups in total. The molecule has 2 aromatic rings. The van der Waals surface area contributed by atoms with Gasteiger partial charge >= 0.3 is 6.03 Å². The van der Waals surface area contributed by atoms with E-state index in [4.69, 9.17) is 10.00 Å². The Morgan fingerprint density at radius 3 is 2.90 bits per heavy atom. The van der Waals surface area contributed by atoms with Gasteiger partial charge in [0.1, 0.15) is 42.4 Å². The minimum Gasteiger partial charge on any atom is -0.490 e. The van der Waals surface area contributed by atoms with Crippen molar-refractivity contribution < 1.29 is 27.5 Å². The lowest BCUT2D eigenvalue weighted by molar-refractivity contribution is -0.122. The second-order valence-corrected chi connectivity index (χ2v) is 6.58. The van der Waals surface area contributed by atoms with Crippen molar-refractivity contribution in [2.75, 3.05) is 18.5 Å². The summed E-state index contributed by atoms with van der Waals surface area (Å²) in [4.78, 5) is 25.7. The van der Waals surface area contributed by atoms with Crippen LogP contribution in [0.15, 0.2) is 24.3 Å². The largest absolute Gasteiger partial charge is 0.490 e. The first-order valence-corrected chi connectivity index (χ1v) is 8.56. The number of anilines is 1. The lowest BCUT2D eigenvalue weighted by atomic mass is 10.1. The predicted octanol–water partition coefficient (Wildman–Crippen LogP) is 2.57. The number of nitriles is 1. The van der Waals surface area contributed by atoms with Gasteiger partial charge in [0.05, 0.1) is 29.4 Å². The van der Waals surface area contributed by atoms with Crippen LogP contribution in [-0.4, -0.2) is 30.0 Å². The van der Waals surface area contributed by atoms with Gasteiger partial charge in [0.2, 0.25) is 5.91 Å². The van der Waals surface area contributed by atoms with Crippen molar-refractivity contribution >= 4 is 17.6 Å². The average molecular weight is 402 g/mol. The van der Waals surface area contributed by atoms with E-state index in [0.717, 1.165) is 11.0 Å². The van der Waals surface area contributed by atoms with E-state index < -0.39 is 42.0 Å². The van der Waals surface area contributed by atoms with Crippen LogP contribution in [0.5, 0.6) is 5.75 Å². The van der Waals surface area contributed by atoms with Crippen LogP contribution in [0.4, 0.5) is 23.7 Å². The molecule has 0 saturated heterocycles. The Kier molecular flexibility index (Phi) is 4.50. The number of nitrogens with one attached hydrogen (secondary N) is 2. The second-order valence-electron chi connectivity index (χ2n) is 6.58. The van der Waals surface area contributed by atoms with Crippen LogP contribution in [0.1, 0.15) is 22.7 Å². The summed E-state index contributed by atoms with van der Waals surface area (Å²) in [5.74, 6) is -3.04. The number of carbonyl (C=O) groups excluding carboxylic acids is 2. The van der Waals surface area contributed by atoms with Crippen LogP contribution < -0.4 is 15.4 Å². The van der Waals surface area contributed by atoms with Crippen molar-refractivity contribution in [2.45, 2.75) is 12.6 Å².